The van der Waals surface area contributed by atoms with E-state index < -0.39 is 0 Å². The molecule has 0 unspecified atom stereocenters. The van der Waals surface area contributed by atoms with Crippen molar-refractivity contribution >= 4 is 29.2 Å². The van der Waals surface area contributed by atoms with E-state index >= 15 is 0 Å². The first-order valence-electron chi connectivity index (χ1n) is 4.03. The molecule has 1 aliphatic heterocycles. The van der Waals surface area contributed by atoms with Gasteiger partial charge in [0.15, 0.2) is 0 Å². The van der Waals surface area contributed by atoms with Crippen LogP contribution in [0.4, 0.5) is 0 Å². The number of hydrogen-bond acceptors (Lipinski definition) is 2. The van der Waals surface area contributed by atoms with Gasteiger partial charge in [-0.05, 0) is 33.1 Å². The van der Waals surface area contributed by atoms with Gasteiger partial charge in [-0.1, -0.05) is 4.32 Å². The predicted molar refractivity (Wildman–Crippen MR) is 54.6 cm³/mol. The van der Waals surface area contributed by atoms with Crippen LogP contribution in [0.5, 0.6) is 0 Å². The first-order valence-corrected chi connectivity index (χ1v) is 4.84. The molecule has 1 saturated heterocycles. The molecule has 64 valence electrons. The van der Waals surface area contributed by atoms with Crippen molar-refractivity contribution in [2.75, 3.05) is 6.54 Å². The van der Waals surface area contributed by atoms with Crippen LogP contribution in [0.2, 0.25) is 0 Å². The Morgan fingerprint density at radius 2 is 2.00 bits per heavy atom. The summed E-state index contributed by atoms with van der Waals surface area (Å²) in [5.41, 5.74) is 0.205. The first kappa shape index (κ1) is 13.1. The van der Waals surface area contributed by atoms with Crippen LogP contribution in [0.25, 0.3) is 0 Å². The second-order valence-corrected chi connectivity index (χ2v) is 4.72. The number of nitrogens with zero attached hydrogens (tertiary/aromatic N) is 1. The molecule has 1 fully saturated rings. The van der Waals surface area contributed by atoms with Gasteiger partial charge in [-0.2, -0.15) is 0 Å². The molecule has 0 saturated carbocycles. The molecule has 0 aromatic heterocycles. The summed E-state index contributed by atoms with van der Waals surface area (Å²) >= 11 is 10.0. The Labute approximate surface area is 108 Å². The zero-order valence-electron chi connectivity index (χ0n) is 8.09. The maximum Gasteiger partial charge on any atom is 1.00 e. The summed E-state index contributed by atoms with van der Waals surface area (Å²) < 4.78 is 0.634. The third-order valence-corrected chi connectivity index (χ3v) is 2.81. The van der Waals surface area contributed by atoms with Gasteiger partial charge < -0.3 is 29.7 Å². The monoisotopic (exact) mass is 211 g/mol. The van der Waals surface area contributed by atoms with Gasteiger partial charge in [0.25, 0.3) is 0 Å². The van der Waals surface area contributed by atoms with Crippen LogP contribution in [-0.4, -0.2) is 21.3 Å². The molecule has 0 atom stereocenters. The standard InChI is InChI=1S/C8H15NS2.Na/c1-8(2)5-3-4-6-9(8)7(10)11;/h3-6H2,1-2H3,(H,10,11);/q;+1/p-1. The normalized spacial score (nSPS) is 21.3. The molecule has 0 aromatic carbocycles. The summed E-state index contributed by atoms with van der Waals surface area (Å²) in [5, 5.41) is 0. The van der Waals surface area contributed by atoms with Gasteiger partial charge in [0.05, 0.1) is 0 Å². The Bertz CT molecular complexity index is 170. The Balaban J connectivity index is 0.00000121. The minimum Gasteiger partial charge on any atom is -0.411 e. The molecule has 4 heteroatoms. The van der Waals surface area contributed by atoms with Crippen molar-refractivity contribution in [1.82, 2.24) is 4.90 Å². The molecule has 1 nitrogen and oxygen atoms in total. The summed E-state index contributed by atoms with van der Waals surface area (Å²) in [5.74, 6) is 0. The van der Waals surface area contributed by atoms with E-state index in [9.17, 15) is 0 Å². The SMILES string of the molecule is CC1(C)CCCCN1C(=S)[S-].[Na+]. The van der Waals surface area contributed by atoms with Crippen LogP contribution in [-0.2, 0) is 12.6 Å². The van der Waals surface area contributed by atoms with E-state index in [0.29, 0.717) is 4.32 Å². The maximum atomic E-state index is 5.01. The zero-order valence-corrected chi connectivity index (χ0v) is 11.7. The van der Waals surface area contributed by atoms with Crippen molar-refractivity contribution in [2.24, 2.45) is 0 Å². The van der Waals surface area contributed by atoms with E-state index in [4.69, 9.17) is 24.8 Å². The minimum atomic E-state index is 0. The maximum absolute atomic E-state index is 5.01. The molecular weight excluding hydrogens is 197 g/mol. The number of rotatable bonds is 0. The Hall–Kier alpha value is 1.11. The summed E-state index contributed by atoms with van der Waals surface area (Å²) in [6.45, 7) is 5.48. The number of piperidine rings is 1. The van der Waals surface area contributed by atoms with Crippen molar-refractivity contribution < 1.29 is 29.6 Å². The fraction of sp³-hybridized carbons (Fsp3) is 0.875. The predicted octanol–water partition coefficient (Wildman–Crippen LogP) is -0.913. The third-order valence-electron chi connectivity index (χ3n) is 2.37. The molecule has 0 bridgehead atoms. The van der Waals surface area contributed by atoms with Gasteiger partial charge >= 0.3 is 29.6 Å². The van der Waals surface area contributed by atoms with Gasteiger partial charge in [-0.25, -0.2) is 0 Å². The minimum absolute atomic E-state index is 0. The third kappa shape index (κ3) is 3.11. The van der Waals surface area contributed by atoms with Crippen LogP contribution < -0.4 is 29.6 Å². The molecule has 1 heterocycles. The van der Waals surface area contributed by atoms with Gasteiger partial charge in [0.1, 0.15) is 0 Å². The second-order valence-electron chi connectivity index (χ2n) is 3.69. The molecule has 12 heavy (non-hydrogen) atoms. The van der Waals surface area contributed by atoms with Crippen molar-refractivity contribution in [3.8, 4) is 0 Å². The number of thiocarbonyl (C=S) groups is 1. The van der Waals surface area contributed by atoms with Crippen molar-refractivity contribution in [3.63, 3.8) is 0 Å². The molecule has 0 aliphatic carbocycles. The number of hydrogen-bond donors (Lipinski definition) is 0. The average molecular weight is 211 g/mol. The van der Waals surface area contributed by atoms with Crippen LogP contribution in [0.3, 0.4) is 0 Å². The Morgan fingerprint density at radius 3 is 2.33 bits per heavy atom. The molecule has 0 N–H and O–H groups in total. The zero-order chi connectivity index (χ0) is 8.48. The molecule has 0 aromatic rings. The van der Waals surface area contributed by atoms with E-state index in [-0.39, 0.29) is 35.1 Å². The topological polar surface area (TPSA) is 3.24 Å². The molecular formula is C8H14NNaS2. The molecule has 1 aliphatic rings. The summed E-state index contributed by atoms with van der Waals surface area (Å²) in [4.78, 5) is 2.17. The smallest absolute Gasteiger partial charge is 0.411 e. The van der Waals surface area contributed by atoms with Gasteiger partial charge in [0.2, 0.25) is 0 Å². The van der Waals surface area contributed by atoms with Crippen LogP contribution in [0.15, 0.2) is 0 Å². The largest absolute Gasteiger partial charge is 1.00 e. The van der Waals surface area contributed by atoms with Crippen molar-refractivity contribution in [2.45, 2.75) is 38.6 Å². The van der Waals surface area contributed by atoms with Crippen LogP contribution in [0, 0.1) is 0 Å². The van der Waals surface area contributed by atoms with Crippen molar-refractivity contribution in [3.05, 3.63) is 0 Å². The second kappa shape index (κ2) is 5.11. The van der Waals surface area contributed by atoms with E-state index in [2.05, 4.69) is 18.7 Å². The van der Waals surface area contributed by atoms with Gasteiger partial charge in [0, 0.05) is 12.1 Å². The molecule has 0 radical (unpaired) electrons. The van der Waals surface area contributed by atoms with E-state index in [1.165, 1.54) is 19.3 Å². The summed E-state index contributed by atoms with van der Waals surface area (Å²) in [6, 6.07) is 0. The first-order chi connectivity index (χ1) is 5.04. The Morgan fingerprint density at radius 1 is 1.42 bits per heavy atom. The average Bonchev–Trinajstić information content (AvgIpc) is 1.85. The summed E-state index contributed by atoms with van der Waals surface area (Å²) in [7, 11) is 0. The van der Waals surface area contributed by atoms with Crippen LogP contribution >= 0.6 is 12.2 Å². The quantitative estimate of drug-likeness (QED) is 0.290. The van der Waals surface area contributed by atoms with Crippen LogP contribution in [0.1, 0.15) is 33.1 Å². The van der Waals surface area contributed by atoms with E-state index in [0.717, 1.165) is 6.54 Å². The van der Waals surface area contributed by atoms with Gasteiger partial charge in [-0.15, -0.1) is 0 Å². The number of likely N-dealkylation sites (tertiary alicyclic amines) is 1. The fourth-order valence-electron chi connectivity index (χ4n) is 1.60. The van der Waals surface area contributed by atoms with E-state index in [1.54, 1.807) is 0 Å². The molecule has 1 rings (SSSR count). The van der Waals surface area contributed by atoms with Crippen molar-refractivity contribution in [1.29, 1.82) is 0 Å². The molecule has 0 amide bonds. The fourth-order valence-corrected chi connectivity index (χ4v) is 2.28. The Kier molecular flexibility index (Phi) is 5.58. The van der Waals surface area contributed by atoms with E-state index in [1.807, 2.05) is 0 Å². The molecule has 0 spiro atoms. The summed E-state index contributed by atoms with van der Waals surface area (Å²) in [6.07, 6.45) is 3.76. The van der Waals surface area contributed by atoms with Gasteiger partial charge in [-0.3, -0.25) is 0 Å².